The van der Waals surface area contributed by atoms with E-state index in [9.17, 15) is 14.3 Å². The minimum Gasteiger partial charge on any atom is -0.465 e. The third kappa shape index (κ3) is 5.66. The third-order valence-electron chi connectivity index (χ3n) is 4.16. The Morgan fingerprint density at radius 2 is 1.88 bits per heavy atom. The summed E-state index contributed by atoms with van der Waals surface area (Å²) in [4.78, 5) is 11.4. The van der Waals surface area contributed by atoms with Crippen LogP contribution in [0.5, 0.6) is 0 Å². The van der Waals surface area contributed by atoms with Gasteiger partial charge in [-0.15, -0.1) is 0 Å². The van der Waals surface area contributed by atoms with Crippen molar-refractivity contribution in [3.05, 3.63) is 71.0 Å². The molecule has 134 valence electrons. The van der Waals surface area contributed by atoms with E-state index in [4.69, 9.17) is 0 Å². The third-order valence-corrected chi connectivity index (χ3v) is 4.16. The van der Waals surface area contributed by atoms with E-state index < -0.39 is 11.9 Å². The zero-order valence-corrected chi connectivity index (χ0v) is 14.5. The number of carbonyl (C=O) groups is 1. The van der Waals surface area contributed by atoms with Crippen LogP contribution in [0.2, 0.25) is 0 Å². The second kappa shape index (κ2) is 9.30. The number of ether oxygens (including phenoxy) is 1. The topological polar surface area (TPSA) is 58.6 Å². The molecule has 2 aromatic rings. The van der Waals surface area contributed by atoms with Crippen molar-refractivity contribution in [3.8, 4) is 0 Å². The van der Waals surface area contributed by atoms with E-state index in [0.717, 1.165) is 18.4 Å². The second-order valence-electron chi connectivity index (χ2n) is 6.07. The van der Waals surface area contributed by atoms with Crippen molar-refractivity contribution < 1.29 is 19.0 Å². The molecule has 0 saturated carbocycles. The van der Waals surface area contributed by atoms with E-state index in [-0.39, 0.29) is 12.0 Å². The van der Waals surface area contributed by atoms with Crippen molar-refractivity contribution in [3.63, 3.8) is 0 Å². The molecule has 0 heterocycles. The number of aliphatic hydroxyl groups is 1. The molecule has 0 aliphatic heterocycles. The Labute approximate surface area is 147 Å². The van der Waals surface area contributed by atoms with Crippen LogP contribution in [0.4, 0.5) is 4.39 Å². The van der Waals surface area contributed by atoms with Gasteiger partial charge in [0, 0.05) is 18.2 Å². The van der Waals surface area contributed by atoms with E-state index in [1.165, 1.54) is 13.2 Å². The molecule has 2 aromatic carbocycles. The predicted octanol–water partition coefficient (Wildman–Crippen LogP) is 3.26. The highest BCUT2D eigenvalue weighted by atomic mass is 19.1. The summed E-state index contributed by atoms with van der Waals surface area (Å²) in [5.74, 6) is -0.737. The first-order valence-electron chi connectivity index (χ1n) is 8.34. The maximum atomic E-state index is 13.6. The lowest BCUT2D eigenvalue weighted by Gasteiger charge is -2.18. The van der Waals surface area contributed by atoms with Gasteiger partial charge in [-0.3, -0.25) is 0 Å². The number of halogens is 1. The monoisotopic (exact) mass is 345 g/mol. The van der Waals surface area contributed by atoms with Gasteiger partial charge in [0.25, 0.3) is 0 Å². The van der Waals surface area contributed by atoms with Crippen LogP contribution in [0.25, 0.3) is 0 Å². The van der Waals surface area contributed by atoms with Gasteiger partial charge in [-0.05, 0) is 43.5 Å². The van der Waals surface area contributed by atoms with Gasteiger partial charge in [-0.25, -0.2) is 9.18 Å². The average molecular weight is 345 g/mol. The zero-order chi connectivity index (χ0) is 18.2. The fourth-order valence-corrected chi connectivity index (χ4v) is 2.58. The van der Waals surface area contributed by atoms with E-state index in [2.05, 4.69) is 10.1 Å². The summed E-state index contributed by atoms with van der Waals surface area (Å²) in [7, 11) is 1.36. The number of nitrogens with one attached hydrogen (secondary N) is 1. The molecule has 0 aliphatic carbocycles. The number of benzene rings is 2. The maximum Gasteiger partial charge on any atom is 0.337 e. The lowest BCUT2D eigenvalue weighted by molar-refractivity contribution is 0.0600. The fraction of sp³-hybridized carbons (Fsp3) is 0.350. The Morgan fingerprint density at radius 1 is 1.20 bits per heavy atom. The molecule has 0 fully saturated rings. The van der Waals surface area contributed by atoms with Crippen molar-refractivity contribution in [2.75, 3.05) is 13.7 Å². The minimum absolute atomic E-state index is 0.168. The number of hydrogen-bond acceptors (Lipinski definition) is 4. The number of carbonyl (C=O) groups excluding carboxylic acids is 1. The first-order valence-corrected chi connectivity index (χ1v) is 8.34. The van der Waals surface area contributed by atoms with Gasteiger partial charge in [-0.2, -0.15) is 0 Å². The minimum atomic E-state index is -0.872. The van der Waals surface area contributed by atoms with Gasteiger partial charge >= 0.3 is 5.97 Å². The lowest BCUT2D eigenvalue weighted by Crippen LogP contribution is -2.31. The van der Waals surface area contributed by atoms with E-state index in [1.807, 2.05) is 19.1 Å². The molecule has 2 atom stereocenters. The largest absolute Gasteiger partial charge is 0.465 e. The van der Waals surface area contributed by atoms with Crippen molar-refractivity contribution in [1.82, 2.24) is 5.32 Å². The van der Waals surface area contributed by atoms with Gasteiger partial charge in [-0.1, -0.05) is 30.3 Å². The Kier molecular flexibility index (Phi) is 7.10. The molecule has 0 amide bonds. The van der Waals surface area contributed by atoms with Crippen molar-refractivity contribution in [1.29, 1.82) is 0 Å². The Bertz CT molecular complexity index is 688. The first kappa shape index (κ1) is 19.1. The number of aliphatic hydroxyl groups excluding tert-OH is 1. The van der Waals surface area contributed by atoms with Crippen molar-refractivity contribution >= 4 is 5.97 Å². The highest BCUT2D eigenvalue weighted by Crippen LogP contribution is 2.16. The van der Waals surface area contributed by atoms with Crippen LogP contribution in [0.15, 0.2) is 48.5 Å². The average Bonchev–Trinajstić information content (AvgIpc) is 2.64. The summed E-state index contributed by atoms with van der Waals surface area (Å²) in [6, 6.07) is 13.7. The maximum absolute atomic E-state index is 13.6. The molecule has 0 radical (unpaired) electrons. The molecule has 2 rings (SSSR count). The number of hydrogen-bond donors (Lipinski definition) is 2. The summed E-state index contributed by atoms with van der Waals surface area (Å²) in [6.45, 7) is 2.32. The summed E-state index contributed by atoms with van der Waals surface area (Å²) >= 11 is 0. The molecule has 2 N–H and O–H groups in total. The van der Waals surface area contributed by atoms with E-state index in [0.29, 0.717) is 17.7 Å². The van der Waals surface area contributed by atoms with Crippen LogP contribution in [-0.4, -0.2) is 30.8 Å². The molecular formula is C20H24FNO3. The van der Waals surface area contributed by atoms with Gasteiger partial charge < -0.3 is 15.2 Å². The summed E-state index contributed by atoms with van der Waals surface area (Å²) in [6.07, 6.45) is 0.829. The highest BCUT2D eigenvalue weighted by Gasteiger charge is 2.13. The SMILES string of the molecule is COC(=O)c1ccc(CC[C@@H](C)NCC(O)c2ccccc2F)cc1. The number of aryl methyl sites for hydroxylation is 1. The second-order valence-corrected chi connectivity index (χ2v) is 6.07. The van der Waals surface area contributed by atoms with Crippen LogP contribution in [0.1, 0.15) is 40.9 Å². The number of esters is 1. The molecule has 0 spiro atoms. The smallest absolute Gasteiger partial charge is 0.337 e. The Hall–Kier alpha value is -2.24. The zero-order valence-electron chi connectivity index (χ0n) is 14.5. The van der Waals surface area contributed by atoms with Crippen molar-refractivity contribution in [2.24, 2.45) is 0 Å². The standard InChI is InChI=1S/C20H24FNO3/c1-14(22-13-19(23)17-5-3-4-6-18(17)21)7-8-15-9-11-16(12-10-15)20(24)25-2/h3-6,9-12,14,19,22-23H,7-8,13H2,1-2H3/t14-,19?/m1/s1. The van der Waals surface area contributed by atoms with Crippen LogP contribution >= 0.6 is 0 Å². The van der Waals surface area contributed by atoms with Crippen molar-refractivity contribution in [2.45, 2.75) is 31.9 Å². The Balaban J connectivity index is 1.78. The summed E-state index contributed by atoms with van der Waals surface area (Å²) in [5, 5.41) is 13.3. The quantitative estimate of drug-likeness (QED) is 0.721. The molecule has 5 heteroatoms. The van der Waals surface area contributed by atoms with Crippen LogP contribution in [0, 0.1) is 5.82 Å². The van der Waals surface area contributed by atoms with Gasteiger partial charge in [0.2, 0.25) is 0 Å². The molecule has 0 bridgehead atoms. The molecule has 0 aromatic heterocycles. The highest BCUT2D eigenvalue weighted by molar-refractivity contribution is 5.89. The molecule has 25 heavy (non-hydrogen) atoms. The van der Waals surface area contributed by atoms with Gasteiger partial charge in [0.15, 0.2) is 0 Å². The first-order chi connectivity index (χ1) is 12.0. The van der Waals surface area contributed by atoms with E-state index >= 15 is 0 Å². The van der Waals surface area contributed by atoms with E-state index in [1.54, 1.807) is 30.3 Å². The lowest BCUT2D eigenvalue weighted by atomic mass is 10.0. The van der Waals surface area contributed by atoms with Crippen LogP contribution in [0.3, 0.4) is 0 Å². The molecule has 1 unspecified atom stereocenters. The van der Waals surface area contributed by atoms with Crippen LogP contribution < -0.4 is 5.32 Å². The predicted molar refractivity (Wildman–Crippen MR) is 94.9 cm³/mol. The number of rotatable bonds is 8. The molecule has 4 nitrogen and oxygen atoms in total. The molecular weight excluding hydrogens is 321 g/mol. The Morgan fingerprint density at radius 3 is 2.52 bits per heavy atom. The van der Waals surface area contributed by atoms with Gasteiger partial charge in [0.05, 0.1) is 18.8 Å². The normalized spacial score (nSPS) is 13.3. The number of methoxy groups -OCH3 is 1. The fourth-order valence-electron chi connectivity index (χ4n) is 2.58. The van der Waals surface area contributed by atoms with Gasteiger partial charge in [0.1, 0.15) is 5.82 Å². The van der Waals surface area contributed by atoms with Crippen LogP contribution in [-0.2, 0) is 11.2 Å². The summed E-state index contributed by atoms with van der Waals surface area (Å²) in [5.41, 5.74) is 1.96. The molecule has 0 aliphatic rings. The molecule has 0 saturated heterocycles. The summed E-state index contributed by atoms with van der Waals surface area (Å²) < 4.78 is 18.3.